The van der Waals surface area contributed by atoms with E-state index in [1.807, 2.05) is 49.6 Å². The number of aromatic nitrogens is 3. The number of pyridine rings is 1. The van der Waals surface area contributed by atoms with Crippen LogP contribution in [-0.2, 0) is 4.79 Å². The van der Waals surface area contributed by atoms with E-state index in [4.69, 9.17) is 4.98 Å². The smallest absolute Gasteiger partial charge is 0.225 e. The van der Waals surface area contributed by atoms with Crippen LogP contribution < -0.4 is 10.2 Å². The summed E-state index contributed by atoms with van der Waals surface area (Å²) >= 11 is 0. The maximum Gasteiger partial charge on any atom is 0.225 e. The van der Waals surface area contributed by atoms with Gasteiger partial charge in [-0.25, -0.2) is 9.97 Å². The Balaban J connectivity index is 1.44. The van der Waals surface area contributed by atoms with Crippen LogP contribution in [0.1, 0.15) is 50.6 Å². The summed E-state index contributed by atoms with van der Waals surface area (Å²) in [7, 11) is 3.94. The molecular formula is C23H31N5O. The monoisotopic (exact) mass is 393 g/mol. The number of carbonyl (C=O) groups excluding carboxylic acids is 1. The molecule has 6 nitrogen and oxygen atoms in total. The molecule has 154 valence electrons. The molecule has 4 rings (SSSR count). The Labute approximate surface area is 173 Å². The van der Waals surface area contributed by atoms with Crippen molar-refractivity contribution in [2.24, 2.45) is 17.8 Å². The number of rotatable bonds is 6. The molecule has 2 fully saturated rings. The Hall–Kier alpha value is -2.50. The van der Waals surface area contributed by atoms with Crippen molar-refractivity contribution < 1.29 is 4.79 Å². The van der Waals surface area contributed by atoms with Gasteiger partial charge in [0.2, 0.25) is 11.9 Å². The minimum Gasteiger partial charge on any atom is -0.356 e. The van der Waals surface area contributed by atoms with Crippen LogP contribution in [0.15, 0.2) is 30.6 Å². The molecule has 1 amide bonds. The van der Waals surface area contributed by atoms with Crippen molar-refractivity contribution in [3.05, 3.63) is 36.3 Å². The minimum absolute atomic E-state index is 0.253. The number of anilines is 1. The van der Waals surface area contributed by atoms with Crippen LogP contribution in [0.2, 0.25) is 0 Å². The fraction of sp³-hybridized carbons (Fsp3) is 0.565. The summed E-state index contributed by atoms with van der Waals surface area (Å²) in [5, 5.41) is 3.18. The van der Waals surface area contributed by atoms with Crippen LogP contribution in [-0.4, -0.2) is 41.5 Å². The zero-order chi connectivity index (χ0) is 20.4. The molecule has 2 aliphatic carbocycles. The van der Waals surface area contributed by atoms with Gasteiger partial charge in [-0.3, -0.25) is 9.78 Å². The molecule has 2 aromatic rings. The Morgan fingerprint density at radius 1 is 1.17 bits per heavy atom. The Morgan fingerprint density at radius 2 is 1.93 bits per heavy atom. The second kappa shape index (κ2) is 8.47. The predicted molar refractivity (Wildman–Crippen MR) is 115 cm³/mol. The third-order valence-electron chi connectivity index (χ3n) is 6.39. The molecule has 6 heteroatoms. The Bertz CT molecular complexity index is 846. The highest BCUT2D eigenvalue weighted by atomic mass is 16.2. The maximum absolute atomic E-state index is 12.1. The molecule has 2 aromatic heterocycles. The van der Waals surface area contributed by atoms with Gasteiger partial charge in [0.15, 0.2) is 0 Å². The summed E-state index contributed by atoms with van der Waals surface area (Å²) in [6, 6.07) is 5.96. The fourth-order valence-corrected chi connectivity index (χ4v) is 4.33. The van der Waals surface area contributed by atoms with Crippen LogP contribution in [0, 0.1) is 17.8 Å². The van der Waals surface area contributed by atoms with Crippen molar-refractivity contribution in [2.75, 3.05) is 25.5 Å². The number of carbonyl (C=O) groups is 1. The van der Waals surface area contributed by atoms with Crippen LogP contribution >= 0.6 is 0 Å². The lowest BCUT2D eigenvalue weighted by atomic mass is 9.79. The molecule has 2 heterocycles. The van der Waals surface area contributed by atoms with Crippen molar-refractivity contribution in [3.8, 4) is 11.3 Å². The third kappa shape index (κ3) is 4.57. The number of nitrogens with one attached hydrogen (secondary N) is 1. The molecule has 0 aromatic carbocycles. The first-order chi connectivity index (χ1) is 14.0. The third-order valence-corrected chi connectivity index (χ3v) is 6.39. The average Bonchev–Trinajstić information content (AvgIpc) is 3.49. The van der Waals surface area contributed by atoms with E-state index in [2.05, 4.69) is 22.2 Å². The van der Waals surface area contributed by atoms with E-state index in [9.17, 15) is 4.79 Å². The lowest BCUT2D eigenvalue weighted by molar-refractivity contribution is -0.122. The summed E-state index contributed by atoms with van der Waals surface area (Å²) in [6.07, 6.45) is 9.20. The van der Waals surface area contributed by atoms with Gasteiger partial charge >= 0.3 is 0 Å². The molecule has 29 heavy (non-hydrogen) atoms. The molecule has 0 spiro atoms. The van der Waals surface area contributed by atoms with Crippen LogP contribution in [0.3, 0.4) is 0 Å². The SMILES string of the molecule is C[C@@H]1C[C@@H]1C(=O)NCC1CCC(c2nc(N(C)C)ncc2-c2ccccn2)CC1. The highest BCUT2D eigenvalue weighted by molar-refractivity contribution is 5.81. The first-order valence-corrected chi connectivity index (χ1v) is 10.8. The molecule has 0 bridgehead atoms. The summed E-state index contributed by atoms with van der Waals surface area (Å²) in [4.78, 5) is 28.0. The number of amides is 1. The topological polar surface area (TPSA) is 71.0 Å². The number of hydrogen-bond donors (Lipinski definition) is 1. The summed E-state index contributed by atoms with van der Waals surface area (Å²) < 4.78 is 0. The van der Waals surface area contributed by atoms with E-state index in [0.717, 1.165) is 61.5 Å². The quantitative estimate of drug-likeness (QED) is 0.811. The molecule has 1 N–H and O–H groups in total. The van der Waals surface area contributed by atoms with E-state index < -0.39 is 0 Å². The predicted octanol–water partition coefficient (Wildman–Crippen LogP) is 3.65. The van der Waals surface area contributed by atoms with Gasteiger partial charge in [0.1, 0.15) is 0 Å². The van der Waals surface area contributed by atoms with Crippen molar-refractivity contribution in [1.29, 1.82) is 0 Å². The van der Waals surface area contributed by atoms with Crippen LogP contribution in [0.25, 0.3) is 11.3 Å². The second-order valence-electron chi connectivity index (χ2n) is 8.86. The van der Waals surface area contributed by atoms with Crippen molar-refractivity contribution in [2.45, 2.75) is 44.9 Å². The first kappa shape index (κ1) is 19.8. The van der Waals surface area contributed by atoms with Crippen molar-refractivity contribution >= 4 is 11.9 Å². The standard InChI is InChI=1S/C23H31N5O/c1-15-12-18(15)22(29)25-13-16-7-9-17(10-8-16)21-19(20-6-4-5-11-24-20)14-26-23(27-21)28(2)3/h4-6,11,14-18H,7-10,12-13H2,1-3H3,(H,25,29)/t15-,16?,17?,18+/m1/s1. The fourth-order valence-electron chi connectivity index (χ4n) is 4.33. The zero-order valence-corrected chi connectivity index (χ0v) is 17.6. The zero-order valence-electron chi connectivity index (χ0n) is 17.6. The summed E-state index contributed by atoms with van der Waals surface area (Å²) in [5.41, 5.74) is 3.08. The molecule has 2 aliphatic rings. The van der Waals surface area contributed by atoms with Gasteiger partial charge in [-0.15, -0.1) is 0 Å². The van der Waals surface area contributed by atoms with E-state index in [0.29, 0.717) is 17.8 Å². The van der Waals surface area contributed by atoms with E-state index >= 15 is 0 Å². The molecular weight excluding hydrogens is 362 g/mol. The minimum atomic E-state index is 0.253. The molecule has 2 saturated carbocycles. The van der Waals surface area contributed by atoms with Gasteiger partial charge in [0.25, 0.3) is 0 Å². The largest absolute Gasteiger partial charge is 0.356 e. The average molecular weight is 394 g/mol. The molecule has 0 unspecified atom stereocenters. The first-order valence-electron chi connectivity index (χ1n) is 10.8. The Morgan fingerprint density at radius 3 is 2.55 bits per heavy atom. The van der Waals surface area contributed by atoms with Gasteiger partial charge in [-0.2, -0.15) is 0 Å². The molecule has 0 saturated heterocycles. The van der Waals surface area contributed by atoms with E-state index in [-0.39, 0.29) is 11.8 Å². The van der Waals surface area contributed by atoms with Gasteiger partial charge in [-0.1, -0.05) is 13.0 Å². The number of hydrogen-bond acceptors (Lipinski definition) is 5. The highest BCUT2D eigenvalue weighted by Crippen LogP contribution is 2.40. The lowest BCUT2D eigenvalue weighted by Gasteiger charge is -2.29. The molecule has 0 radical (unpaired) electrons. The Kier molecular flexibility index (Phi) is 5.79. The second-order valence-corrected chi connectivity index (χ2v) is 8.86. The van der Waals surface area contributed by atoms with Crippen molar-refractivity contribution in [3.63, 3.8) is 0 Å². The number of nitrogens with zero attached hydrogens (tertiary/aromatic N) is 4. The summed E-state index contributed by atoms with van der Waals surface area (Å²) in [5.74, 6) is 2.80. The van der Waals surface area contributed by atoms with E-state index in [1.54, 1.807) is 0 Å². The summed E-state index contributed by atoms with van der Waals surface area (Å²) in [6.45, 7) is 2.97. The van der Waals surface area contributed by atoms with Gasteiger partial charge in [0.05, 0.1) is 11.4 Å². The van der Waals surface area contributed by atoms with Gasteiger partial charge in [0, 0.05) is 50.4 Å². The molecule has 0 aliphatic heterocycles. The highest BCUT2D eigenvalue weighted by Gasteiger charge is 2.39. The molecule has 2 atom stereocenters. The van der Waals surface area contributed by atoms with E-state index in [1.165, 1.54) is 0 Å². The van der Waals surface area contributed by atoms with Gasteiger partial charge < -0.3 is 10.2 Å². The van der Waals surface area contributed by atoms with Crippen molar-refractivity contribution in [1.82, 2.24) is 20.3 Å². The van der Waals surface area contributed by atoms with Crippen LogP contribution in [0.5, 0.6) is 0 Å². The normalized spacial score (nSPS) is 26.0. The van der Waals surface area contributed by atoms with Gasteiger partial charge in [-0.05, 0) is 56.1 Å². The lowest BCUT2D eigenvalue weighted by Crippen LogP contribution is -2.32. The van der Waals surface area contributed by atoms with Crippen LogP contribution in [0.4, 0.5) is 5.95 Å². The maximum atomic E-state index is 12.1.